The van der Waals surface area contributed by atoms with Crippen LogP contribution in [0.2, 0.25) is 5.02 Å². The van der Waals surface area contributed by atoms with E-state index in [9.17, 15) is 14.4 Å². The number of halogens is 2. The van der Waals surface area contributed by atoms with Crippen molar-refractivity contribution in [1.29, 1.82) is 5.26 Å². The summed E-state index contributed by atoms with van der Waals surface area (Å²) in [6, 6.07) is 11.6. The molecule has 0 atom stereocenters. The number of ether oxygens (including phenoxy) is 1. The number of benzene rings is 2. The Labute approximate surface area is 168 Å². The molecule has 2 aromatic carbocycles. The minimum Gasteiger partial charge on any atom is -0.378 e. The van der Waals surface area contributed by atoms with Crippen molar-refractivity contribution < 1.29 is 13.9 Å². The van der Waals surface area contributed by atoms with Crippen LogP contribution in [0, 0.1) is 24.1 Å². The molecule has 0 aliphatic carbocycles. The Morgan fingerprint density at radius 1 is 1.29 bits per heavy atom. The molecule has 1 aliphatic rings. The van der Waals surface area contributed by atoms with Gasteiger partial charge in [0, 0.05) is 23.8 Å². The van der Waals surface area contributed by atoms with Crippen LogP contribution in [0.1, 0.15) is 11.1 Å². The molecule has 1 aliphatic heterocycles. The van der Waals surface area contributed by atoms with E-state index in [2.05, 4.69) is 5.32 Å². The number of carbonyl (C=O) groups is 1. The van der Waals surface area contributed by atoms with E-state index >= 15 is 0 Å². The third-order valence-corrected chi connectivity index (χ3v) is 4.68. The largest absolute Gasteiger partial charge is 0.378 e. The fourth-order valence-electron chi connectivity index (χ4n) is 2.91. The van der Waals surface area contributed by atoms with Gasteiger partial charge in [0.15, 0.2) is 0 Å². The highest BCUT2D eigenvalue weighted by molar-refractivity contribution is 6.31. The molecule has 5 nitrogen and oxygen atoms in total. The maximum atomic E-state index is 14.5. The number of anilines is 2. The SMILES string of the molecule is Cc1ccc(Cl)cc1NC(=O)/C(C#N)=C\c1ccc(N2CCOCC2)c(F)c1. The summed E-state index contributed by atoms with van der Waals surface area (Å²) in [5.74, 6) is -0.982. The molecule has 1 fully saturated rings. The fraction of sp³-hybridized carbons (Fsp3) is 0.238. The summed E-state index contributed by atoms with van der Waals surface area (Å²) >= 11 is 5.96. The normalized spacial score (nSPS) is 14.5. The van der Waals surface area contributed by atoms with Crippen molar-refractivity contribution in [2.24, 2.45) is 0 Å². The Kier molecular flexibility index (Phi) is 6.30. The molecule has 7 heteroatoms. The van der Waals surface area contributed by atoms with Crippen LogP contribution in [0.5, 0.6) is 0 Å². The Hall–Kier alpha value is -2.88. The number of carbonyl (C=O) groups excluding carboxylic acids is 1. The van der Waals surface area contributed by atoms with Crippen LogP contribution in [-0.4, -0.2) is 32.2 Å². The number of nitriles is 1. The van der Waals surface area contributed by atoms with Gasteiger partial charge < -0.3 is 15.0 Å². The Morgan fingerprint density at radius 3 is 2.71 bits per heavy atom. The van der Waals surface area contributed by atoms with Crippen LogP contribution in [-0.2, 0) is 9.53 Å². The van der Waals surface area contributed by atoms with Gasteiger partial charge in [-0.1, -0.05) is 23.7 Å². The lowest BCUT2D eigenvalue weighted by Crippen LogP contribution is -2.36. The van der Waals surface area contributed by atoms with Crippen molar-refractivity contribution >= 4 is 35.0 Å². The van der Waals surface area contributed by atoms with Crippen molar-refractivity contribution in [2.45, 2.75) is 6.92 Å². The maximum Gasteiger partial charge on any atom is 0.266 e. The summed E-state index contributed by atoms with van der Waals surface area (Å²) in [6.07, 6.45) is 1.36. The molecule has 0 aromatic heterocycles. The standard InChI is InChI=1S/C21H19ClFN3O2/c1-14-2-4-17(22)12-19(14)25-21(27)16(13-24)10-15-3-5-20(18(23)11-15)26-6-8-28-9-7-26/h2-5,10-12H,6-9H2,1H3,(H,25,27)/b16-10-. The highest BCUT2D eigenvalue weighted by atomic mass is 35.5. The molecule has 144 valence electrons. The Balaban J connectivity index is 1.80. The highest BCUT2D eigenvalue weighted by Gasteiger charge is 2.16. The molecule has 0 spiro atoms. The van der Waals surface area contributed by atoms with E-state index in [4.69, 9.17) is 16.3 Å². The van der Waals surface area contributed by atoms with E-state index < -0.39 is 11.7 Å². The van der Waals surface area contributed by atoms with Gasteiger partial charge in [0.1, 0.15) is 17.5 Å². The first-order valence-corrected chi connectivity index (χ1v) is 9.17. The zero-order valence-electron chi connectivity index (χ0n) is 15.3. The predicted molar refractivity (Wildman–Crippen MR) is 108 cm³/mol. The molecule has 0 saturated carbocycles. The number of hydrogen-bond donors (Lipinski definition) is 1. The number of nitrogens with one attached hydrogen (secondary N) is 1. The summed E-state index contributed by atoms with van der Waals surface area (Å²) in [5.41, 5.74) is 2.13. The van der Waals surface area contributed by atoms with E-state index in [1.54, 1.807) is 30.3 Å². The molecule has 1 saturated heterocycles. The van der Waals surface area contributed by atoms with Gasteiger partial charge >= 0.3 is 0 Å². The molecule has 0 radical (unpaired) electrons. The van der Waals surface area contributed by atoms with Gasteiger partial charge in [-0.05, 0) is 48.4 Å². The number of aryl methyl sites for hydroxylation is 1. The lowest BCUT2D eigenvalue weighted by atomic mass is 10.1. The third kappa shape index (κ3) is 4.69. The van der Waals surface area contributed by atoms with Crippen molar-refractivity contribution in [2.75, 3.05) is 36.5 Å². The molecule has 0 unspecified atom stereocenters. The van der Waals surface area contributed by atoms with Gasteiger partial charge in [0.2, 0.25) is 0 Å². The van der Waals surface area contributed by atoms with Gasteiger partial charge in [-0.15, -0.1) is 0 Å². The Morgan fingerprint density at radius 2 is 2.04 bits per heavy atom. The number of hydrogen-bond acceptors (Lipinski definition) is 4. The summed E-state index contributed by atoms with van der Waals surface area (Å²) in [7, 11) is 0. The lowest BCUT2D eigenvalue weighted by Gasteiger charge is -2.29. The first-order chi connectivity index (χ1) is 13.5. The van der Waals surface area contributed by atoms with E-state index in [1.165, 1.54) is 12.1 Å². The first kappa shape index (κ1) is 19.9. The van der Waals surface area contributed by atoms with E-state index in [1.807, 2.05) is 17.9 Å². The topological polar surface area (TPSA) is 65.4 Å². The van der Waals surface area contributed by atoms with Gasteiger partial charge in [-0.25, -0.2) is 4.39 Å². The molecular weight excluding hydrogens is 381 g/mol. The zero-order chi connectivity index (χ0) is 20.1. The average Bonchev–Trinajstić information content (AvgIpc) is 2.69. The van der Waals surface area contributed by atoms with E-state index in [0.717, 1.165) is 5.56 Å². The number of amides is 1. The number of morpholine rings is 1. The second-order valence-corrected chi connectivity index (χ2v) is 6.83. The van der Waals surface area contributed by atoms with E-state index in [0.29, 0.717) is 48.3 Å². The smallest absolute Gasteiger partial charge is 0.266 e. The molecule has 1 heterocycles. The summed E-state index contributed by atoms with van der Waals surface area (Å²) in [6.45, 7) is 4.18. The second kappa shape index (κ2) is 8.87. The van der Waals surface area contributed by atoms with Gasteiger partial charge in [-0.2, -0.15) is 5.26 Å². The monoisotopic (exact) mass is 399 g/mol. The molecular formula is C21H19ClFN3O2. The predicted octanol–water partition coefficient (Wildman–Crippen LogP) is 4.17. The summed E-state index contributed by atoms with van der Waals surface area (Å²) in [5, 5.41) is 12.5. The van der Waals surface area contributed by atoms with E-state index in [-0.39, 0.29) is 5.57 Å². The van der Waals surface area contributed by atoms with Crippen molar-refractivity contribution in [3.05, 3.63) is 63.9 Å². The fourth-order valence-corrected chi connectivity index (χ4v) is 3.08. The first-order valence-electron chi connectivity index (χ1n) is 8.79. The Bertz CT molecular complexity index is 963. The summed E-state index contributed by atoms with van der Waals surface area (Å²) < 4.78 is 19.8. The van der Waals surface area contributed by atoms with Gasteiger partial charge in [0.05, 0.1) is 18.9 Å². The average molecular weight is 400 g/mol. The highest BCUT2D eigenvalue weighted by Crippen LogP contribution is 2.24. The lowest BCUT2D eigenvalue weighted by molar-refractivity contribution is -0.112. The van der Waals surface area contributed by atoms with Crippen LogP contribution in [0.25, 0.3) is 6.08 Å². The van der Waals surface area contributed by atoms with Crippen LogP contribution in [0.3, 0.4) is 0 Å². The molecule has 28 heavy (non-hydrogen) atoms. The number of rotatable bonds is 4. The minimum absolute atomic E-state index is 0.127. The molecule has 2 aromatic rings. The van der Waals surface area contributed by atoms with Crippen LogP contribution >= 0.6 is 11.6 Å². The van der Waals surface area contributed by atoms with Gasteiger partial charge in [0.25, 0.3) is 5.91 Å². The van der Waals surface area contributed by atoms with Crippen molar-refractivity contribution in [1.82, 2.24) is 0 Å². The van der Waals surface area contributed by atoms with Crippen LogP contribution in [0.15, 0.2) is 42.0 Å². The molecule has 0 bridgehead atoms. The minimum atomic E-state index is -0.578. The van der Waals surface area contributed by atoms with Crippen LogP contribution < -0.4 is 10.2 Å². The van der Waals surface area contributed by atoms with Crippen LogP contribution in [0.4, 0.5) is 15.8 Å². The quantitative estimate of drug-likeness (QED) is 0.619. The second-order valence-electron chi connectivity index (χ2n) is 6.39. The maximum absolute atomic E-state index is 14.5. The zero-order valence-corrected chi connectivity index (χ0v) is 16.1. The van der Waals surface area contributed by atoms with Crippen molar-refractivity contribution in [3.8, 4) is 6.07 Å². The van der Waals surface area contributed by atoms with Crippen molar-refractivity contribution in [3.63, 3.8) is 0 Å². The third-order valence-electron chi connectivity index (χ3n) is 4.45. The van der Waals surface area contributed by atoms with Gasteiger partial charge in [-0.3, -0.25) is 4.79 Å². The molecule has 1 N–H and O–H groups in total. The number of nitrogens with zero attached hydrogens (tertiary/aromatic N) is 2. The molecule has 1 amide bonds. The summed E-state index contributed by atoms with van der Waals surface area (Å²) in [4.78, 5) is 14.4. The molecule has 3 rings (SSSR count).